The third-order valence-corrected chi connectivity index (χ3v) is 9.55. The van der Waals surface area contributed by atoms with Crippen molar-refractivity contribution in [2.75, 3.05) is 40.9 Å². The summed E-state index contributed by atoms with van der Waals surface area (Å²) >= 11 is 0. The molecule has 1 unspecified atom stereocenters. The standard InChI is InChI=1S/C33H46NO5P/c1-26(27-15-10-7-11-16-27)33-21-20-31(35)30(33)25-29(32(33)28-17-12-8-13-18-28)19-9-5-6-14-23-38-40(36,37)39-24-22-34(2,3)4/h7-8,10-13,15-18,30-31,35H,1,5-6,9,14,19-25H2,2-4H3/t30-,31+,33-/m0/s1. The molecule has 0 bridgehead atoms. The lowest BCUT2D eigenvalue weighted by molar-refractivity contribution is -0.870. The lowest BCUT2D eigenvalue weighted by Crippen LogP contribution is -2.37. The molecule has 1 saturated carbocycles. The third-order valence-electron chi connectivity index (χ3n) is 8.55. The maximum atomic E-state index is 12.0. The summed E-state index contributed by atoms with van der Waals surface area (Å²) < 4.78 is 22.7. The Labute approximate surface area is 240 Å². The summed E-state index contributed by atoms with van der Waals surface area (Å²) in [5.41, 5.74) is 6.03. The lowest BCUT2D eigenvalue weighted by atomic mass is 9.66. The fourth-order valence-corrected chi connectivity index (χ4v) is 7.28. The number of quaternary nitrogens is 1. The van der Waals surface area contributed by atoms with Crippen molar-refractivity contribution in [2.45, 2.75) is 57.5 Å². The van der Waals surface area contributed by atoms with E-state index in [1.54, 1.807) is 0 Å². The van der Waals surface area contributed by atoms with E-state index in [9.17, 15) is 14.6 Å². The van der Waals surface area contributed by atoms with Crippen LogP contribution in [0.4, 0.5) is 0 Å². The molecule has 1 N–H and O–H groups in total. The van der Waals surface area contributed by atoms with Crippen LogP contribution in [0, 0.1) is 11.3 Å². The number of fused-ring (bicyclic) bond motifs is 1. The van der Waals surface area contributed by atoms with Gasteiger partial charge in [0.2, 0.25) is 0 Å². The molecule has 4 atom stereocenters. The number of hydrogen-bond donors (Lipinski definition) is 1. The highest BCUT2D eigenvalue weighted by Gasteiger charge is 2.56. The van der Waals surface area contributed by atoms with Crippen molar-refractivity contribution in [1.29, 1.82) is 0 Å². The number of unbranched alkanes of at least 4 members (excludes halogenated alkanes) is 3. The van der Waals surface area contributed by atoms with E-state index < -0.39 is 7.82 Å². The quantitative estimate of drug-likeness (QED) is 0.152. The van der Waals surface area contributed by atoms with Crippen LogP contribution in [-0.4, -0.2) is 56.6 Å². The van der Waals surface area contributed by atoms with Gasteiger partial charge < -0.3 is 23.5 Å². The molecule has 40 heavy (non-hydrogen) atoms. The van der Waals surface area contributed by atoms with E-state index in [0.717, 1.165) is 56.1 Å². The number of phosphoric acid groups is 1. The van der Waals surface area contributed by atoms with Crippen LogP contribution in [0.5, 0.6) is 0 Å². The van der Waals surface area contributed by atoms with E-state index in [0.29, 0.717) is 17.4 Å². The average molecular weight is 568 g/mol. The highest BCUT2D eigenvalue weighted by molar-refractivity contribution is 7.45. The van der Waals surface area contributed by atoms with Crippen LogP contribution in [0.2, 0.25) is 0 Å². The average Bonchev–Trinajstić information content (AvgIpc) is 3.42. The van der Waals surface area contributed by atoms with Gasteiger partial charge in [-0.05, 0) is 60.8 Å². The number of rotatable bonds is 15. The van der Waals surface area contributed by atoms with Gasteiger partial charge in [-0.1, -0.05) is 85.7 Å². The van der Waals surface area contributed by atoms with E-state index in [4.69, 9.17) is 9.05 Å². The maximum Gasteiger partial charge on any atom is 0.268 e. The number of aliphatic hydroxyl groups excluding tert-OH is 1. The molecule has 2 aromatic rings. The second kappa shape index (κ2) is 13.3. The Bertz CT molecular complexity index is 1210. The zero-order valence-corrected chi connectivity index (χ0v) is 25.3. The van der Waals surface area contributed by atoms with Crippen LogP contribution < -0.4 is 4.89 Å². The monoisotopic (exact) mass is 567 g/mol. The fraction of sp³-hybridized carbons (Fsp3) is 0.515. The van der Waals surface area contributed by atoms with E-state index in [1.807, 2.05) is 27.2 Å². The van der Waals surface area contributed by atoms with Crippen LogP contribution >= 0.6 is 7.82 Å². The molecule has 4 rings (SSSR count). The molecule has 0 amide bonds. The molecule has 0 saturated heterocycles. The Morgan fingerprint density at radius 2 is 1.62 bits per heavy atom. The van der Waals surface area contributed by atoms with Crippen LogP contribution in [-0.2, 0) is 13.6 Å². The first kappa shape index (κ1) is 30.9. The summed E-state index contributed by atoms with van der Waals surface area (Å²) in [6.07, 6.45) is 6.79. The number of phosphoric ester groups is 1. The summed E-state index contributed by atoms with van der Waals surface area (Å²) in [4.78, 5) is 12.0. The molecule has 218 valence electrons. The number of allylic oxidation sites excluding steroid dienone is 3. The highest BCUT2D eigenvalue weighted by atomic mass is 31.2. The third kappa shape index (κ3) is 7.42. The molecule has 0 radical (unpaired) electrons. The predicted molar refractivity (Wildman–Crippen MR) is 160 cm³/mol. The molecule has 0 spiro atoms. The number of likely N-dealkylation sites (N-methyl/N-ethyl adjacent to an activating group) is 1. The summed E-state index contributed by atoms with van der Waals surface area (Å²) in [5, 5.41) is 11.1. The van der Waals surface area contributed by atoms with Gasteiger partial charge in [-0.15, -0.1) is 0 Å². The summed E-state index contributed by atoms with van der Waals surface area (Å²) in [6.45, 7) is 5.51. The number of hydrogen-bond acceptors (Lipinski definition) is 5. The Balaban J connectivity index is 1.39. The molecule has 0 aromatic heterocycles. The van der Waals surface area contributed by atoms with Crippen LogP contribution in [0.15, 0.2) is 72.8 Å². The molecule has 6 nitrogen and oxygen atoms in total. The van der Waals surface area contributed by atoms with Gasteiger partial charge >= 0.3 is 0 Å². The van der Waals surface area contributed by atoms with Crippen molar-refractivity contribution >= 4 is 19.0 Å². The van der Waals surface area contributed by atoms with E-state index in [1.165, 1.54) is 16.7 Å². The zero-order chi connectivity index (χ0) is 28.8. The second-order valence-electron chi connectivity index (χ2n) is 12.4. The van der Waals surface area contributed by atoms with E-state index in [-0.39, 0.29) is 30.7 Å². The number of nitrogens with zero attached hydrogens (tertiary/aromatic N) is 1. The molecular formula is C33H46NO5P. The Kier molecular flexibility index (Phi) is 10.3. The van der Waals surface area contributed by atoms with Gasteiger partial charge in [-0.2, -0.15) is 0 Å². The van der Waals surface area contributed by atoms with Gasteiger partial charge in [0.25, 0.3) is 7.82 Å². The number of aliphatic hydroxyl groups is 1. The Hall–Kier alpha value is -2.05. The zero-order valence-electron chi connectivity index (χ0n) is 24.4. The molecule has 2 aliphatic carbocycles. The summed E-state index contributed by atoms with van der Waals surface area (Å²) in [5.74, 6) is 0.141. The largest absolute Gasteiger partial charge is 0.756 e. The Morgan fingerprint density at radius 1 is 1.00 bits per heavy atom. The lowest BCUT2D eigenvalue weighted by Gasteiger charge is -2.37. The predicted octanol–water partition coefficient (Wildman–Crippen LogP) is 6.47. The van der Waals surface area contributed by atoms with Crippen molar-refractivity contribution in [3.05, 3.63) is 83.9 Å². The van der Waals surface area contributed by atoms with Crippen molar-refractivity contribution in [2.24, 2.45) is 11.3 Å². The van der Waals surface area contributed by atoms with Crippen LogP contribution in [0.3, 0.4) is 0 Å². The first-order chi connectivity index (χ1) is 19.0. The molecule has 2 aromatic carbocycles. The van der Waals surface area contributed by atoms with Gasteiger partial charge in [-0.25, -0.2) is 0 Å². The first-order valence-electron chi connectivity index (χ1n) is 14.6. The van der Waals surface area contributed by atoms with Gasteiger partial charge in [0.15, 0.2) is 0 Å². The van der Waals surface area contributed by atoms with Gasteiger partial charge in [0.1, 0.15) is 13.2 Å². The van der Waals surface area contributed by atoms with E-state index >= 15 is 0 Å². The smallest absolute Gasteiger partial charge is 0.268 e. The van der Waals surface area contributed by atoms with Gasteiger partial charge in [0, 0.05) is 11.3 Å². The minimum atomic E-state index is -4.25. The van der Waals surface area contributed by atoms with Crippen molar-refractivity contribution in [3.63, 3.8) is 0 Å². The fourth-order valence-electron chi connectivity index (χ4n) is 6.54. The normalized spacial score (nSPS) is 24.2. The maximum absolute atomic E-state index is 12.0. The van der Waals surface area contributed by atoms with Crippen LogP contribution in [0.25, 0.3) is 11.1 Å². The van der Waals surface area contributed by atoms with E-state index in [2.05, 4.69) is 61.2 Å². The topological polar surface area (TPSA) is 78.8 Å². The summed E-state index contributed by atoms with van der Waals surface area (Å²) in [7, 11) is 1.70. The van der Waals surface area contributed by atoms with Crippen molar-refractivity contribution < 1.29 is 28.1 Å². The molecule has 0 heterocycles. The minimum Gasteiger partial charge on any atom is -0.756 e. The molecule has 7 heteroatoms. The Morgan fingerprint density at radius 3 is 2.30 bits per heavy atom. The molecular weight excluding hydrogens is 521 g/mol. The minimum absolute atomic E-state index is 0.122. The van der Waals surface area contributed by atoms with Crippen LogP contribution in [0.1, 0.15) is 62.5 Å². The SMILES string of the molecule is C=C(c1ccccc1)[C@@]12CC[C@@H](O)[C@@H]1CC(CCCCCCOP(=O)([O-])OCC[N+](C)(C)C)=C2c1ccccc1. The summed E-state index contributed by atoms with van der Waals surface area (Å²) in [6, 6.07) is 21.1. The molecule has 2 aliphatic rings. The molecule has 0 aliphatic heterocycles. The molecule has 1 fully saturated rings. The highest BCUT2D eigenvalue weighted by Crippen LogP contribution is 2.66. The first-order valence-corrected chi connectivity index (χ1v) is 16.1. The van der Waals surface area contributed by atoms with Crippen molar-refractivity contribution in [1.82, 2.24) is 0 Å². The second-order valence-corrected chi connectivity index (χ2v) is 13.8. The van der Waals surface area contributed by atoms with Gasteiger partial charge in [0.05, 0.1) is 33.9 Å². The van der Waals surface area contributed by atoms with Gasteiger partial charge in [-0.3, -0.25) is 4.57 Å². The number of benzene rings is 2. The van der Waals surface area contributed by atoms with Crippen molar-refractivity contribution in [3.8, 4) is 0 Å².